The molecule has 0 bridgehead atoms. The fourth-order valence-corrected chi connectivity index (χ4v) is 4.27. The lowest BCUT2D eigenvalue weighted by atomic mass is 10.0. The number of rotatable bonds is 6. The maximum absolute atomic E-state index is 12.2. The van der Waals surface area contributed by atoms with Crippen molar-refractivity contribution < 1.29 is 8.42 Å². The normalized spacial score (nSPS) is 20.7. The molecule has 3 N–H and O–H groups in total. The van der Waals surface area contributed by atoms with Crippen LogP contribution in [0.15, 0.2) is 0 Å². The molecule has 0 aromatic carbocycles. The van der Waals surface area contributed by atoms with Crippen LogP contribution < -0.4 is 10.5 Å². The van der Waals surface area contributed by atoms with Gasteiger partial charge in [-0.05, 0) is 25.2 Å². The molecule has 1 saturated carbocycles. The summed E-state index contributed by atoms with van der Waals surface area (Å²) in [4.78, 5) is 0. The molecule has 0 spiro atoms. The summed E-state index contributed by atoms with van der Waals surface area (Å²) in [6.07, 6.45) is 5.63. The second kappa shape index (κ2) is 6.71. The Kier molecular flexibility index (Phi) is 5.89. The number of nitrogens with one attached hydrogen (secondary N) is 1. The second-order valence-corrected chi connectivity index (χ2v) is 7.48. The van der Waals surface area contributed by atoms with Crippen LogP contribution in [0.25, 0.3) is 0 Å². The van der Waals surface area contributed by atoms with Gasteiger partial charge in [-0.1, -0.05) is 33.1 Å². The van der Waals surface area contributed by atoms with E-state index in [0.717, 1.165) is 32.1 Å². The third-order valence-corrected chi connectivity index (χ3v) is 5.37. The molecule has 102 valence electrons. The molecule has 0 saturated heterocycles. The van der Waals surface area contributed by atoms with Crippen LogP contribution in [0.2, 0.25) is 0 Å². The van der Waals surface area contributed by atoms with Gasteiger partial charge in [0.25, 0.3) is 0 Å². The maximum Gasteiger partial charge on any atom is 0.214 e. The summed E-state index contributed by atoms with van der Waals surface area (Å²) in [5, 5.41) is -0.197. The molecule has 0 aromatic rings. The van der Waals surface area contributed by atoms with Crippen molar-refractivity contribution in [3.63, 3.8) is 0 Å². The summed E-state index contributed by atoms with van der Waals surface area (Å²) >= 11 is 0. The highest BCUT2D eigenvalue weighted by Gasteiger charge is 2.29. The Morgan fingerprint density at radius 1 is 1.24 bits per heavy atom. The molecule has 5 heteroatoms. The molecule has 0 aromatic heterocycles. The second-order valence-electron chi connectivity index (χ2n) is 5.49. The molecule has 1 aliphatic rings. The minimum atomic E-state index is -3.17. The van der Waals surface area contributed by atoms with E-state index >= 15 is 0 Å². The Morgan fingerprint density at radius 2 is 1.82 bits per heavy atom. The van der Waals surface area contributed by atoms with E-state index in [-0.39, 0.29) is 11.3 Å². The van der Waals surface area contributed by atoms with Crippen LogP contribution in [-0.4, -0.2) is 26.3 Å². The van der Waals surface area contributed by atoms with Crippen molar-refractivity contribution in [2.75, 3.05) is 6.54 Å². The Hall–Kier alpha value is -0.130. The van der Waals surface area contributed by atoms with Crippen molar-refractivity contribution in [1.82, 2.24) is 4.72 Å². The summed E-state index contributed by atoms with van der Waals surface area (Å²) in [6, 6.07) is -0.109. The minimum absolute atomic E-state index is 0.109. The molecule has 4 nitrogen and oxygen atoms in total. The monoisotopic (exact) mass is 262 g/mol. The van der Waals surface area contributed by atoms with Crippen molar-refractivity contribution in [2.24, 2.45) is 11.7 Å². The minimum Gasteiger partial charge on any atom is -0.329 e. The number of nitrogens with two attached hydrogens (primary N) is 1. The zero-order chi connectivity index (χ0) is 12.9. The highest BCUT2D eigenvalue weighted by molar-refractivity contribution is 7.90. The van der Waals surface area contributed by atoms with Crippen LogP contribution in [-0.2, 0) is 10.0 Å². The predicted octanol–water partition coefficient (Wildman–Crippen LogP) is 1.61. The molecule has 0 radical (unpaired) electrons. The first-order valence-corrected chi connectivity index (χ1v) is 8.21. The van der Waals surface area contributed by atoms with Gasteiger partial charge in [0.1, 0.15) is 0 Å². The van der Waals surface area contributed by atoms with Crippen molar-refractivity contribution in [3.05, 3.63) is 0 Å². The van der Waals surface area contributed by atoms with Gasteiger partial charge >= 0.3 is 0 Å². The van der Waals surface area contributed by atoms with Crippen LogP contribution in [0.3, 0.4) is 0 Å². The molecule has 17 heavy (non-hydrogen) atoms. The van der Waals surface area contributed by atoms with E-state index < -0.39 is 10.0 Å². The van der Waals surface area contributed by atoms with Crippen LogP contribution in [0.1, 0.15) is 52.4 Å². The van der Waals surface area contributed by atoms with Gasteiger partial charge in [-0.2, -0.15) is 0 Å². The van der Waals surface area contributed by atoms with E-state index in [1.807, 2.05) is 0 Å². The lowest BCUT2D eigenvalue weighted by molar-refractivity contribution is 0.443. The third kappa shape index (κ3) is 4.94. The number of hydrogen-bond donors (Lipinski definition) is 2. The molecule has 1 fully saturated rings. The Morgan fingerprint density at radius 3 is 2.29 bits per heavy atom. The first-order valence-electron chi connectivity index (χ1n) is 6.67. The maximum atomic E-state index is 12.2. The largest absolute Gasteiger partial charge is 0.329 e. The molecular formula is C12H26N2O2S. The summed E-state index contributed by atoms with van der Waals surface area (Å²) in [5.74, 6) is 0.456. The van der Waals surface area contributed by atoms with Crippen LogP contribution in [0, 0.1) is 5.92 Å². The van der Waals surface area contributed by atoms with Gasteiger partial charge in [0.2, 0.25) is 10.0 Å². The van der Waals surface area contributed by atoms with Crippen LogP contribution in [0.4, 0.5) is 0 Å². The Bertz CT molecular complexity index is 308. The fourth-order valence-electron chi connectivity index (χ4n) is 2.47. The van der Waals surface area contributed by atoms with Crippen molar-refractivity contribution in [1.29, 1.82) is 0 Å². The number of sulfonamides is 1. The third-order valence-electron chi connectivity index (χ3n) is 3.36. The summed E-state index contributed by atoms with van der Waals surface area (Å²) in [6.45, 7) is 4.54. The predicted molar refractivity (Wildman–Crippen MR) is 71.2 cm³/mol. The Balaban J connectivity index is 2.56. The average Bonchev–Trinajstić information content (AvgIpc) is 2.28. The van der Waals surface area contributed by atoms with Crippen molar-refractivity contribution in [2.45, 2.75) is 63.7 Å². The lowest BCUT2D eigenvalue weighted by Crippen LogP contribution is -2.45. The molecule has 1 atom stereocenters. The molecule has 1 rings (SSSR count). The van der Waals surface area contributed by atoms with Gasteiger partial charge in [-0.3, -0.25) is 0 Å². The SMILES string of the molecule is CC(C)CC(CN)NS(=O)(=O)C1CCCCC1. The average molecular weight is 262 g/mol. The molecule has 0 amide bonds. The Labute approximate surface area is 105 Å². The summed E-state index contributed by atoms with van der Waals surface area (Å²) in [7, 11) is -3.17. The van der Waals surface area contributed by atoms with Crippen LogP contribution >= 0.6 is 0 Å². The van der Waals surface area contributed by atoms with Gasteiger partial charge in [0.15, 0.2) is 0 Å². The van der Waals surface area contributed by atoms with Gasteiger partial charge in [-0.15, -0.1) is 0 Å². The highest BCUT2D eigenvalue weighted by atomic mass is 32.2. The first-order chi connectivity index (χ1) is 7.95. The molecule has 0 heterocycles. The van der Waals surface area contributed by atoms with E-state index in [4.69, 9.17) is 5.73 Å². The molecular weight excluding hydrogens is 236 g/mol. The van der Waals surface area contributed by atoms with E-state index in [1.54, 1.807) is 0 Å². The smallest absolute Gasteiger partial charge is 0.214 e. The van der Waals surface area contributed by atoms with E-state index in [9.17, 15) is 8.42 Å². The zero-order valence-corrected chi connectivity index (χ0v) is 11.8. The molecule has 1 aliphatic carbocycles. The van der Waals surface area contributed by atoms with Crippen molar-refractivity contribution in [3.8, 4) is 0 Å². The van der Waals surface area contributed by atoms with Gasteiger partial charge in [0, 0.05) is 12.6 Å². The van der Waals surface area contributed by atoms with E-state index in [1.165, 1.54) is 6.42 Å². The van der Waals surface area contributed by atoms with Gasteiger partial charge in [-0.25, -0.2) is 13.1 Å². The van der Waals surface area contributed by atoms with E-state index in [2.05, 4.69) is 18.6 Å². The topological polar surface area (TPSA) is 72.2 Å². The van der Waals surface area contributed by atoms with Gasteiger partial charge < -0.3 is 5.73 Å². The summed E-state index contributed by atoms with van der Waals surface area (Å²) < 4.78 is 27.1. The summed E-state index contributed by atoms with van der Waals surface area (Å²) in [5.41, 5.74) is 5.63. The molecule has 0 aliphatic heterocycles. The van der Waals surface area contributed by atoms with Gasteiger partial charge in [0.05, 0.1) is 5.25 Å². The first kappa shape index (κ1) is 14.9. The molecule has 1 unspecified atom stereocenters. The lowest BCUT2D eigenvalue weighted by Gasteiger charge is -2.25. The van der Waals surface area contributed by atoms with Crippen molar-refractivity contribution >= 4 is 10.0 Å². The van der Waals surface area contributed by atoms with Crippen LogP contribution in [0.5, 0.6) is 0 Å². The quantitative estimate of drug-likeness (QED) is 0.764. The number of hydrogen-bond acceptors (Lipinski definition) is 3. The van der Waals surface area contributed by atoms with E-state index in [0.29, 0.717) is 12.5 Å². The fraction of sp³-hybridized carbons (Fsp3) is 1.00. The standard InChI is InChI=1S/C12H26N2O2S/c1-10(2)8-11(9-13)14-17(15,16)12-6-4-3-5-7-12/h10-12,14H,3-9,13H2,1-2H3. The highest BCUT2D eigenvalue weighted by Crippen LogP contribution is 2.23. The zero-order valence-electron chi connectivity index (χ0n) is 11.0.